The average Bonchev–Trinajstić information content (AvgIpc) is 2.83. The fourth-order valence-electron chi connectivity index (χ4n) is 2.20. The Morgan fingerprint density at radius 1 is 1.10 bits per heavy atom. The summed E-state index contributed by atoms with van der Waals surface area (Å²) in [6.07, 6.45) is 1.79. The molecule has 20 heavy (non-hydrogen) atoms. The van der Waals surface area contributed by atoms with Gasteiger partial charge < -0.3 is 5.73 Å². The number of hydrogen-bond acceptors (Lipinski definition) is 1. The Balaban J connectivity index is 2.18. The van der Waals surface area contributed by atoms with Crippen LogP contribution in [0.2, 0.25) is 5.02 Å². The van der Waals surface area contributed by atoms with Crippen LogP contribution in [0, 0.1) is 0 Å². The predicted molar refractivity (Wildman–Crippen MR) is 80.9 cm³/mol. The number of aromatic nitrogens is 1. The number of halogens is 1. The quantitative estimate of drug-likeness (QED) is 0.768. The normalized spacial score (nSPS) is 10.7. The highest BCUT2D eigenvalue weighted by Crippen LogP contribution is 2.24. The smallest absolute Gasteiger partial charge is 0.338 e. The van der Waals surface area contributed by atoms with Crippen molar-refractivity contribution >= 4 is 34.2 Å². The number of amides is 2. The second-order valence-electron chi connectivity index (χ2n) is 4.35. The second-order valence-corrected chi connectivity index (χ2v) is 4.79. The molecule has 1 heterocycles. The topological polar surface area (TPSA) is 51.3 Å². The largest absolute Gasteiger partial charge is 0.350 e. The number of urea groups is 1. The van der Waals surface area contributed by atoms with Crippen molar-refractivity contribution in [3.05, 3.63) is 65.8 Å². The van der Waals surface area contributed by atoms with Crippen molar-refractivity contribution in [1.82, 2.24) is 4.68 Å². The van der Waals surface area contributed by atoms with Crippen LogP contribution in [0.5, 0.6) is 0 Å². The van der Waals surface area contributed by atoms with Crippen molar-refractivity contribution in [2.24, 2.45) is 5.73 Å². The van der Waals surface area contributed by atoms with Gasteiger partial charge in [0.25, 0.3) is 0 Å². The van der Waals surface area contributed by atoms with E-state index in [1.54, 1.807) is 16.9 Å². The van der Waals surface area contributed by atoms with Crippen LogP contribution >= 0.6 is 11.6 Å². The SMILES string of the molecule is NC(=O)N(c1ccccc1)n1ccc2cc(Cl)ccc21. The van der Waals surface area contributed by atoms with E-state index in [1.165, 1.54) is 5.01 Å². The van der Waals surface area contributed by atoms with Gasteiger partial charge in [0.1, 0.15) is 0 Å². The average molecular weight is 286 g/mol. The highest BCUT2D eigenvalue weighted by Gasteiger charge is 2.16. The zero-order chi connectivity index (χ0) is 14.1. The first-order valence-corrected chi connectivity index (χ1v) is 6.46. The molecule has 2 aromatic carbocycles. The van der Waals surface area contributed by atoms with E-state index in [0.29, 0.717) is 10.7 Å². The van der Waals surface area contributed by atoms with Gasteiger partial charge in [-0.1, -0.05) is 29.8 Å². The van der Waals surface area contributed by atoms with Crippen LogP contribution in [-0.2, 0) is 0 Å². The van der Waals surface area contributed by atoms with Gasteiger partial charge in [-0.15, -0.1) is 0 Å². The Morgan fingerprint density at radius 3 is 2.55 bits per heavy atom. The van der Waals surface area contributed by atoms with E-state index < -0.39 is 6.03 Å². The van der Waals surface area contributed by atoms with Crippen LogP contribution in [0.3, 0.4) is 0 Å². The summed E-state index contributed by atoms with van der Waals surface area (Å²) in [4.78, 5) is 11.8. The first kappa shape index (κ1) is 12.6. The lowest BCUT2D eigenvalue weighted by molar-refractivity contribution is 0.252. The monoisotopic (exact) mass is 285 g/mol. The van der Waals surface area contributed by atoms with E-state index in [4.69, 9.17) is 17.3 Å². The lowest BCUT2D eigenvalue weighted by Crippen LogP contribution is -2.39. The number of primary amides is 1. The first-order valence-electron chi connectivity index (χ1n) is 6.08. The van der Waals surface area contributed by atoms with Crippen LogP contribution in [-0.4, -0.2) is 10.7 Å². The van der Waals surface area contributed by atoms with Crippen LogP contribution in [0.15, 0.2) is 60.8 Å². The van der Waals surface area contributed by atoms with E-state index in [-0.39, 0.29) is 0 Å². The molecule has 0 saturated carbocycles. The van der Waals surface area contributed by atoms with Gasteiger partial charge in [-0.2, -0.15) is 5.01 Å². The van der Waals surface area contributed by atoms with Gasteiger partial charge in [-0.05, 0) is 36.4 Å². The molecule has 0 spiro atoms. The van der Waals surface area contributed by atoms with Gasteiger partial charge in [0.05, 0.1) is 11.2 Å². The zero-order valence-electron chi connectivity index (χ0n) is 10.5. The van der Waals surface area contributed by atoms with E-state index in [9.17, 15) is 4.79 Å². The Labute approximate surface area is 120 Å². The number of para-hydroxylation sites is 1. The lowest BCUT2D eigenvalue weighted by Gasteiger charge is -2.22. The predicted octanol–water partition coefficient (Wildman–Crippen LogP) is 3.64. The number of nitrogens with zero attached hydrogens (tertiary/aromatic N) is 2. The Bertz CT molecular complexity index is 767. The summed E-state index contributed by atoms with van der Waals surface area (Å²) in [6.45, 7) is 0. The molecule has 2 amide bonds. The van der Waals surface area contributed by atoms with E-state index in [0.717, 1.165) is 10.9 Å². The number of nitrogens with two attached hydrogens (primary N) is 1. The minimum absolute atomic E-state index is 0.552. The number of carbonyl (C=O) groups excluding carboxylic acids is 1. The number of fused-ring (bicyclic) bond motifs is 1. The Hall–Kier alpha value is -2.46. The van der Waals surface area contributed by atoms with Crippen molar-refractivity contribution < 1.29 is 4.79 Å². The van der Waals surface area contributed by atoms with Crippen LogP contribution in [0.4, 0.5) is 10.5 Å². The summed E-state index contributed by atoms with van der Waals surface area (Å²) >= 11 is 5.97. The molecule has 0 radical (unpaired) electrons. The minimum Gasteiger partial charge on any atom is -0.350 e. The van der Waals surface area contributed by atoms with E-state index in [2.05, 4.69) is 0 Å². The maximum absolute atomic E-state index is 11.8. The standard InChI is InChI=1S/C15H12ClN3O/c16-12-6-7-14-11(10-12)8-9-18(14)19(15(17)20)13-4-2-1-3-5-13/h1-10H,(H2,17,20). The molecule has 0 unspecified atom stereocenters. The molecule has 4 nitrogen and oxygen atoms in total. The van der Waals surface area contributed by atoms with Crippen molar-refractivity contribution in [3.8, 4) is 0 Å². The molecule has 0 aliphatic rings. The summed E-state index contributed by atoms with van der Waals surface area (Å²) in [5.41, 5.74) is 7.08. The third-order valence-electron chi connectivity index (χ3n) is 3.06. The van der Waals surface area contributed by atoms with Gasteiger partial charge in [0.15, 0.2) is 0 Å². The fraction of sp³-hybridized carbons (Fsp3) is 0. The molecule has 3 aromatic rings. The summed E-state index contributed by atoms with van der Waals surface area (Å²) in [6, 6.07) is 16.1. The molecule has 0 bridgehead atoms. The Morgan fingerprint density at radius 2 is 1.85 bits per heavy atom. The van der Waals surface area contributed by atoms with Crippen molar-refractivity contribution in [2.45, 2.75) is 0 Å². The molecule has 1 aromatic heterocycles. The number of carbonyl (C=O) groups is 1. The van der Waals surface area contributed by atoms with Crippen LogP contribution in [0.1, 0.15) is 0 Å². The minimum atomic E-state index is -0.552. The van der Waals surface area contributed by atoms with Crippen LogP contribution < -0.4 is 10.7 Å². The highest BCUT2D eigenvalue weighted by molar-refractivity contribution is 6.31. The third-order valence-corrected chi connectivity index (χ3v) is 3.29. The maximum Gasteiger partial charge on any atom is 0.338 e. The van der Waals surface area contributed by atoms with E-state index >= 15 is 0 Å². The van der Waals surface area contributed by atoms with E-state index in [1.807, 2.05) is 48.5 Å². The summed E-state index contributed by atoms with van der Waals surface area (Å²) < 4.78 is 1.71. The molecule has 0 saturated heterocycles. The molecular formula is C15H12ClN3O. The second kappa shape index (κ2) is 4.90. The third kappa shape index (κ3) is 2.10. The maximum atomic E-state index is 11.8. The first-order chi connectivity index (χ1) is 9.66. The number of benzene rings is 2. The molecule has 3 rings (SSSR count). The van der Waals surface area contributed by atoms with Crippen molar-refractivity contribution in [1.29, 1.82) is 0 Å². The lowest BCUT2D eigenvalue weighted by atomic mass is 10.2. The number of rotatable bonds is 2. The molecular weight excluding hydrogens is 274 g/mol. The fourth-order valence-corrected chi connectivity index (χ4v) is 2.38. The zero-order valence-corrected chi connectivity index (χ0v) is 11.3. The molecule has 0 aliphatic carbocycles. The van der Waals surface area contributed by atoms with Gasteiger partial charge >= 0.3 is 6.03 Å². The molecule has 2 N–H and O–H groups in total. The van der Waals surface area contributed by atoms with Crippen molar-refractivity contribution in [3.63, 3.8) is 0 Å². The van der Waals surface area contributed by atoms with Gasteiger partial charge in [0, 0.05) is 16.6 Å². The summed E-state index contributed by atoms with van der Waals surface area (Å²) in [7, 11) is 0. The molecule has 100 valence electrons. The molecule has 5 heteroatoms. The Kier molecular flexibility index (Phi) is 3.08. The van der Waals surface area contributed by atoms with Crippen molar-refractivity contribution in [2.75, 3.05) is 5.01 Å². The van der Waals surface area contributed by atoms with Gasteiger partial charge in [0.2, 0.25) is 0 Å². The molecule has 0 atom stereocenters. The highest BCUT2D eigenvalue weighted by atomic mass is 35.5. The number of anilines is 1. The van der Waals surface area contributed by atoms with Gasteiger partial charge in [-0.3, -0.25) is 4.68 Å². The summed E-state index contributed by atoms with van der Waals surface area (Å²) in [5.74, 6) is 0. The van der Waals surface area contributed by atoms with Crippen LogP contribution in [0.25, 0.3) is 10.9 Å². The number of hydrogen-bond donors (Lipinski definition) is 1. The molecule has 0 fully saturated rings. The van der Waals surface area contributed by atoms with Gasteiger partial charge in [-0.25, -0.2) is 4.79 Å². The summed E-state index contributed by atoms with van der Waals surface area (Å²) in [5, 5.41) is 3.01. The molecule has 0 aliphatic heterocycles.